The number of furan rings is 1. The second kappa shape index (κ2) is 7.81. The van der Waals surface area contributed by atoms with Gasteiger partial charge in [-0.25, -0.2) is 0 Å². The zero-order chi connectivity index (χ0) is 25.1. The Labute approximate surface area is 201 Å². The molecule has 3 aromatic carbocycles. The third-order valence-corrected chi connectivity index (χ3v) is 6.01. The molecule has 0 aliphatic carbocycles. The average Bonchev–Trinajstić information content (AvgIpc) is 3.28. The third-order valence-electron chi connectivity index (χ3n) is 6.01. The van der Waals surface area contributed by atoms with E-state index >= 15 is 0 Å². The number of para-hydroxylation sites is 1. The van der Waals surface area contributed by atoms with Crippen molar-refractivity contribution in [2.45, 2.75) is 27.1 Å². The number of aromatic nitrogens is 2. The topological polar surface area (TPSA) is 38.9 Å². The van der Waals surface area contributed by atoms with Crippen molar-refractivity contribution in [3.63, 3.8) is 0 Å². The smallest absolute Gasteiger partial charge is 0.144 e. The summed E-state index contributed by atoms with van der Waals surface area (Å²) in [4.78, 5) is 9.28. The van der Waals surface area contributed by atoms with Crippen LogP contribution in [0.1, 0.15) is 29.1 Å². The van der Waals surface area contributed by atoms with E-state index in [2.05, 4.69) is 35.3 Å². The molecule has 34 heavy (non-hydrogen) atoms. The first-order valence-electron chi connectivity index (χ1n) is 12.5. The fourth-order valence-corrected chi connectivity index (χ4v) is 4.50. The van der Waals surface area contributed by atoms with Crippen LogP contribution < -0.4 is 0 Å². The molecule has 0 saturated heterocycles. The molecule has 6 aromatic rings. The van der Waals surface area contributed by atoms with Crippen LogP contribution in [0, 0.1) is 5.41 Å². The first-order chi connectivity index (χ1) is 17.2. The summed E-state index contributed by atoms with van der Waals surface area (Å²) >= 11 is 0. The predicted molar refractivity (Wildman–Crippen MR) is 141 cm³/mol. The van der Waals surface area contributed by atoms with Crippen molar-refractivity contribution in [3.8, 4) is 22.5 Å². The lowest BCUT2D eigenvalue weighted by Gasteiger charge is -2.17. The Balaban J connectivity index is 1.38. The van der Waals surface area contributed by atoms with Crippen LogP contribution >= 0.6 is 0 Å². The molecule has 0 radical (unpaired) electrons. The lowest BCUT2D eigenvalue weighted by molar-refractivity contribution is 0.411. The van der Waals surface area contributed by atoms with Gasteiger partial charge in [-0.2, -0.15) is 0 Å². The van der Waals surface area contributed by atoms with Gasteiger partial charge < -0.3 is 4.42 Å². The van der Waals surface area contributed by atoms with E-state index in [0.29, 0.717) is 5.56 Å². The van der Waals surface area contributed by atoms with Gasteiger partial charge in [0.05, 0.1) is 11.4 Å². The van der Waals surface area contributed by atoms with Gasteiger partial charge in [0.25, 0.3) is 0 Å². The quantitative estimate of drug-likeness (QED) is 0.275. The lowest BCUT2D eigenvalue weighted by Crippen LogP contribution is -2.09. The molecule has 0 N–H and O–H groups in total. The molecule has 0 unspecified atom stereocenters. The number of fused-ring (bicyclic) bond motifs is 5. The molecule has 0 saturated carbocycles. The second-order valence-corrected chi connectivity index (χ2v) is 9.69. The Morgan fingerprint density at radius 2 is 1.47 bits per heavy atom. The van der Waals surface area contributed by atoms with E-state index in [9.17, 15) is 0 Å². The molecule has 0 spiro atoms. The van der Waals surface area contributed by atoms with E-state index in [1.165, 1.54) is 0 Å². The van der Waals surface area contributed by atoms with Crippen molar-refractivity contribution < 1.29 is 7.16 Å². The van der Waals surface area contributed by atoms with Gasteiger partial charge in [0.15, 0.2) is 0 Å². The number of pyridine rings is 2. The summed E-state index contributed by atoms with van der Waals surface area (Å²) in [6, 6.07) is 26.4. The summed E-state index contributed by atoms with van der Waals surface area (Å²) < 4.78 is 23.4. The zero-order valence-corrected chi connectivity index (χ0v) is 19.5. The number of benzene rings is 3. The summed E-state index contributed by atoms with van der Waals surface area (Å²) in [6.07, 6.45) is 1.97. The van der Waals surface area contributed by atoms with Crippen LogP contribution in [-0.4, -0.2) is 9.97 Å². The molecule has 0 fully saturated rings. The summed E-state index contributed by atoms with van der Waals surface area (Å²) in [6.45, 7) is 5.69. The Morgan fingerprint density at radius 3 is 2.24 bits per heavy atom. The van der Waals surface area contributed by atoms with Crippen LogP contribution in [0.2, 0.25) is 0 Å². The molecule has 3 aromatic heterocycles. The largest absolute Gasteiger partial charge is 0.455 e. The van der Waals surface area contributed by atoms with Crippen LogP contribution in [0.5, 0.6) is 0 Å². The van der Waals surface area contributed by atoms with Crippen LogP contribution in [0.3, 0.4) is 0 Å². The monoisotopic (exact) mass is 444 g/mol. The number of rotatable bonds is 3. The highest BCUT2D eigenvalue weighted by Crippen LogP contribution is 2.38. The van der Waals surface area contributed by atoms with Crippen molar-refractivity contribution in [3.05, 3.63) is 96.8 Å². The first kappa shape index (κ1) is 18.4. The van der Waals surface area contributed by atoms with Crippen LogP contribution in [-0.2, 0) is 6.37 Å². The van der Waals surface area contributed by atoms with Gasteiger partial charge in [0.1, 0.15) is 11.2 Å². The molecule has 0 atom stereocenters. The van der Waals surface area contributed by atoms with Gasteiger partial charge >= 0.3 is 0 Å². The Hall–Kier alpha value is -3.98. The third kappa shape index (κ3) is 3.63. The molecule has 3 nitrogen and oxygen atoms in total. The maximum atomic E-state index is 8.47. The van der Waals surface area contributed by atoms with Gasteiger partial charge in [-0.1, -0.05) is 69.3 Å². The highest BCUT2D eigenvalue weighted by molar-refractivity contribution is 6.17. The van der Waals surface area contributed by atoms with E-state index in [-0.39, 0.29) is 0 Å². The van der Waals surface area contributed by atoms with Crippen molar-refractivity contribution in [1.82, 2.24) is 9.97 Å². The lowest BCUT2D eigenvalue weighted by atomic mass is 9.89. The second-order valence-electron chi connectivity index (χ2n) is 9.69. The Morgan fingerprint density at radius 1 is 0.706 bits per heavy atom. The summed E-state index contributed by atoms with van der Waals surface area (Å²) in [5.74, 6) is 0. The molecule has 0 aliphatic rings. The minimum absolute atomic E-state index is 0.524. The van der Waals surface area contributed by atoms with Gasteiger partial charge in [-0.3, -0.25) is 9.97 Å². The van der Waals surface area contributed by atoms with Crippen molar-refractivity contribution in [2.75, 3.05) is 0 Å². The minimum atomic E-state index is -1.47. The number of nitrogens with zero attached hydrogens (tertiary/aromatic N) is 2. The van der Waals surface area contributed by atoms with Crippen molar-refractivity contribution in [1.29, 1.82) is 0 Å². The van der Waals surface area contributed by atoms with Gasteiger partial charge in [0.2, 0.25) is 0 Å². The Bertz CT molecular complexity index is 1730. The van der Waals surface area contributed by atoms with E-state index in [1.807, 2.05) is 75.5 Å². The maximum absolute atomic E-state index is 8.47. The average molecular weight is 445 g/mol. The molecule has 166 valence electrons. The van der Waals surface area contributed by atoms with Crippen molar-refractivity contribution >= 4 is 32.7 Å². The molecule has 0 aliphatic heterocycles. The predicted octanol–water partition coefficient (Wildman–Crippen LogP) is 8.45. The zero-order valence-electron chi connectivity index (χ0n) is 21.5. The molecular formula is C31H26N2O. The van der Waals surface area contributed by atoms with E-state index in [0.717, 1.165) is 55.2 Å². The minimum Gasteiger partial charge on any atom is -0.455 e. The fraction of sp³-hybridized carbons (Fsp3) is 0.161. The van der Waals surface area contributed by atoms with Gasteiger partial charge in [0, 0.05) is 42.4 Å². The van der Waals surface area contributed by atoms with E-state index in [1.54, 1.807) is 6.20 Å². The van der Waals surface area contributed by atoms with Crippen molar-refractivity contribution in [2.24, 2.45) is 5.41 Å². The number of hydrogen-bond donors (Lipinski definition) is 0. The molecule has 6 rings (SSSR count). The van der Waals surface area contributed by atoms with Gasteiger partial charge in [-0.15, -0.1) is 0 Å². The van der Waals surface area contributed by atoms with Crippen LogP contribution in [0.4, 0.5) is 0 Å². The SMILES string of the molecule is [2H]C([2H])(c1ccc(-c2ccc(-c3cccc4c3oc3c5ccccc5ccc43)nc2)nc1)C(C)(C)C. The standard InChI is InChI=1S/C31H26N2O/c1-31(2,3)17-20-11-15-27(32-18-20)22-13-16-28(33-19-22)26-10-6-9-24-25-14-12-21-7-4-5-8-23(21)29(25)34-30(24)26/h4-16,18-19H,17H2,1-3H3/i17D2. The molecule has 3 heteroatoms. The normalized spacial score (nSPS) is 13.4. The van der Waals surface area contributed by atoms with E-state index < -0.39 is 11.8 Å². The molecule has 0 amide bonds. The Kier molecular flexibility index (Phi) is 4.24. The highest BCUT2D eigenvalue weighted by Gasteiger charge is 2.15. The molecule has 0 bridgehead atoms. The summed E-state index contributed by atoms with van der Waals surface area (Å²) in [5.41, 5.74) is 5.19. The van der Waals surface area contributed by atoms with Gasteiger partial charge in [-0.05, 0) is 53.1 Å². The van der Waals surface area contributed by atoms with Crippen LogP contribution in [0.25, 0.3) is 55.2 Å². The fourth-order valence-electron chi connectivity index (χ4n) is 4.50. The first-order valence-corrected chi connectivity index (χ1v) is 11.5. The van der Waals surface area contributed by atoms with Crippen LogP contribution in [0.15, 0.2) is 95.7 Å². The summed E-state index contributed by atoms with van der Waals surface area (Å²) in [5, 5.41) is 4.43. The maximum Gasteiger partial charge on any atom is 0.144 e. The van der Waals surface area contributed by atoms with E-state index in [4.69, 9.17) is 12.1 Å². The molecular weight excluding hydrogens is 416 g/mol. The number of hydrogen-bond acceptors (Lipinski definition) is 3. The highest BCUT2D eigenvalue weighted by atomic mass is 16.3. The molecule has 3 heterocycles. The summed E-state index contributed by atoms with van der Waals surface area (Å²) in [7, 11) is 0.